The number of hydrogen-bond donors (Lipinski definition) is 2. The third-order valence-corrected chi connectivity index (χ3v) is 7.33. The van der Waals surface area contributed by atoms with Crippen LogP contribution < -0.4 is 11.1 Å². The molecule has 0 aromatic heterocycles. The summed E-state index contributed by atoms with van der Waals surface area (Å²) in [6.45, 7) is 3.71. The average Bonchev–Trinajstić information content (AvgIpc) is 3.07. The van der Waals surface area contributed by atoms with Gasteiger partial charge in [0.2, 0.25) is 11.8 Å². The molecule has 8 heteroatoms. The molecule has 4 aliphatic rings. The van der Waals surface area contributed by atoms with Crippen molar-refractivity contribution in [1.29, 1.82) is 0 Å². The van der Waals surface area contributed by atoms with E-state index in [1.54, 1.807) is 4.90 Å². The van der Waals surface area contributed by atoms with Crippen molar-refractivity contribution < 1.29 is 19.1 Å². The second kappa shape index (κ2) is 8.00. The number of fused-ring (bicyclic) bond motifs is 1. The van der Waals surface area contributed by atoms with Crippen molar-refractivity contribution in [1.82, 2.24) is 15.1 Å². The predicted octanol–water partition coefficient (Wildman–Crippen LogP) is 0.920. The Kier molecular flexibility index (Phi) is 5.32. The Balaban J connectivity index is 1.27. The lowest BCUT2D eigenvalue weighted by Crippen LogP contribution is -2.52. The molecule has 3 fully saturated rings. The molecule has 1 aromatic carbocycles. The molecule has 31 heavy (non-hydrogen) atoms. The van der Waals surface area contributed by atoms with Crippen LogP contribution in [0.15, 0.2) is 18.2 Å². The fraction of sp³-hybridized carbons (Fsp3) is 0.609. The first-order valence-corrected chi connectivity index (χ1v) is 11.3. The van der Waals surface area contributed by atoms with Gasteiger partial charge in [0.25, 0.3) is 5.91 Å². The van der Waals surface area contributed by atoms with Crippen molar-refractivity contribution >= 4 is 17.7 Å². The minimum Gasteiger partial charge on any atom is -0.375 e. The lowest BCUT2D eigenvalue weighted by Gasteiger charge is -2.45. The number of carbonyl (C=O) groups excluding carboxylic acids is 3. The van der Waals surface area contributed by atoms with Crippen LogP contribution in [-0.4, -0.2) is 64.9 Å². The number of nitrogens with zero attached hydrogens (tertiary/aromatic N) is 2. The van der Waals surface area contributed by atoms with Crippen LogP contribution in [0, 0.1) is 0 Å². The van der Waals surface area contributed by atoms with E-state index >= 15 is 0 Å². The normalized spacial score (nSPS) is 28.7. The predicted molar refractivity (Wildman–Crippen MR) is 113 cm³/mol. The first kappa shape index (κ1) is 20.6. The Labute approximate surface area is 182 Å². The molecule has 0 aliphatic carbocycles. The first-order valence-electron chi connectivity index (χ1n) is 11.3. The van der Waals surface area contributed by atoms with Gasteiger partial charge in [-0.2, -0.15) is 0 Å². The molecule has 3 amide bonds. The minimum absolute atomic E-state index is 0.0782. The topological polar surface area (TPSA) is 105 Å². The zero-order valence-corrected chi connectivity index (χ0v) is 17.8. The summed E-state index contributed by atoms with van der Waals surface area (Å²) in [4.78, 5) is 41.1. The fourth-order valence-electron chi connectivity index (χ4n) is 5.60. The van der Waals surface area contributed by atoms with E-state index in [-0.39, 0.29) is 35.8 Å². The standard InChI is InChI=1S/C23H30N4O4/c24-17-6-11-31-23(12-17)7-9-26(10-8-23)13-15-2-1-3-16-14-27(22(30)20(15)16)18-4-5-19(28)25-21(18)29/h1-3,17-18H,4-14,24H2,(H,25,28,29). The van der Waals surface area contributed by atoms with Crippen LogP contribution in [0.25, 0.3) is 0 Å². The summed E-state index contributed by atoms with van der Waals surface area (Å²) in [5, 5.41) is 2.36. The van der Waals surface area contributed by atoms with E-state index in [0.717, 1.165) is 62.1 Å². The number of nitrogens with two attached hydrogens (primary N) is 1. The van der Waals surface area contributed by atoms with Gasteiger partial charge >= 0.3 is 0 Å². The van der Waals surface area contributed by atoms with Gasteiger partial charge in [0.15, 0.2) is 0 Å². The number of carbonyl (C=O) groups is 3. The SMILES string of the molecule is NC1CCOC2(CCN(Cc3cccc4c3C(=O)N(C3CCC(=O)NC3=O)C4)CC2)C1. The number of imide groups is 1. The van der Waals surface area contributed by atoms with Gasteiger partial charge in [0, 0.05) is 50.8 Å². The van der Waals surface area contributed by atoms with Gasteiger partial charge in [-0.05, 0) is 43.2 Å². The third-order valence-electron chi connectivity index (χ3n) is 7.33. The van der Waals surface area contributed by atoms with Gasteiger partial charge in [0.05, 0.1) is 5.60 Å². The maximum atomic E-state index is 13.3. The highest BCUT2D eigenvalue weighted by atomic mass is 16.5. The molecule has 1 spiro atoms. The van der Waals surface area contributed by atoms with Crippen LogP contribution in [0.4, 0.5) is 0 Å². The van der Waals surface area contributed by atoms with Crippen molar-refractivity contribution in [2.24, 2.45) is 5.73 Å². The highest BCUT2D eigenvalue weighted by Crippen LogP contribution is 2.36. The fourth-order valence-corrected chi connectivity index (χ4v) is 5.60. The Morgan fingerprint density at radius 1 is 1.16 bits per heavy atom. The number of ether oxygens (including phenoxy) is 1. The van der Waals surface area contributed by atoms with Crippen molar-refractivity contribution in [3.8, 4) is 0 Å². The van der Waals surface area contributed by atoms with Crippen LogP contribution in [-0.2, 0) is 27.4 Å². The Bertz CT molecular complexity index is 909. The number of amides is 3. The molecule has 1 aromatic rings. The number of piperidine rings is 2. The molecule has 0 bridgehead atoms. The molecule has 2 unspecified atom stereocenters. The van der Waals surface area contributed by atoms with Crippen LogP contribution in [0.2, 0.25) is 0 Å². The molecule has 3 N–H and O–H groups in total. The Morgan fingerprint density at radius 3 is 2.71 bits per heavy atom. The summed E-state index contributed by atoms with van der Waals surface area (Å²) >= 11 is 0. The number of benzene rings is 1. The molecule has 4 aliphatic heterocycles. The van der Waals surface area contributed by atoms with Crippen LogP contribution >= 0.6 is 0 Å². The molecule has 2 atom stereocenters. The van der Waals surface area contributed by atoms with Crippen molar-refractivity contribution in [2.45, 2.75) is 69.3 Å². The maximum absolute atomic E-state index is 13.3. The molecule has 0 radical (unpaired) electrons. The molecule has 166 valence electrons. The Hall–Kier alpha value is -2.29. The number of rotatable bonds is 3. The lowest BCUT2D eigenvalue weighted by molar-refractivity contribution is -0.136. The molecule has 4 heterocycles. The van der Waals surface area contributed by atoms with Gasteiger partial charge < -0.3 is 15.4 Å². The van der Waals surface area contributed by atoms with Crippen molar-refractivity contribution in [2.75, 3.05) is 19.7 Å². The molecule has 8 nitrogen and oxygen atoms in total. The van der Waals surface area contributed by atoms with Gasteiger partial charge in [-0.1, -0.05) is 18.2 Å². The van der Waals surface area contributed by atoms with Gasteiger partial charge in [-0.3, -0.25) is 24.6 Å². The highest BCUT2D eigenvalue weighted by molar-refractivity contribution is 6.05. The van der Waals surface area contributed by atoms with E-state index in [0.29, 0.717) is 19.5 Å². The summed E-state index contributed by atoms with van der Waals surface area (Å²) in [6.07, 6.45) is 4.45. The average molecular weight is 427 g/mol. The van der Waals surface area contributed by atoms with E-state index in [4.69, 9.17) is 10.5 Å². The Morgan fingerprint density at radius 2 is 1.97 bits per heavy atom. The summed E-state index contributed by atoms with van der Waals surface area (Å²) in [7, 11) is 0. The third kappa shape index (κ3) is 3.88. The quantitative estimate of drug-likeness (QED) is 0.697. The minimum atomic E-state index is -0.576. The van der Waals surface area contributed by atoms with E-state index in [9.17, 15) is 14.4 Å². The summed E-state index contributed by atoms with van der Waals surface area (Å²) in [5.41, 5.74) is 8.80. The molecule has 3 saturated heterocycles. The van der Waals surface area contributed by atoms with Gasteiger partial charge in [-0.25, -0.2) is 0 Å². The second-order valence-electron chi connectivity index (χ2n) is 9.41. The van der Waals surface area contributed by atoms with E-state index in [2.05, 4.69) is 10.2 Å². The molecule has 0 saturated carbocycles. The van der Waals surface area contributed by atoms with Gasteiger partial charge in [0.1, 0.15) is 6.04 Å². The van der Waals surface area contributed by atoms with Crippen LogP contribution in [0.3, 0.4) is 0 Å². The molecule has 5 rings (SSSR count). The monoisotopic (exact) mass is 426 g/mol. The zero-order chi connectivity index (χ0) is 21.6. The van der Waals surface area contributed by atoms with E-state index in [1.165, 1.54) is 0 Å². The summed E-state index contributed by atoms with van der Waals surface area (Å²) < 4.78 is 6.14. The lowest BCUT2D eigenvalue weighted by atomic mass is 9.82. The second-order valence-corrected chi connectivity index (χ2v) is 9.41. The summed E-state index contributed by atoms with van der Waals surface area (Å²) in [5.74, 6) is -0.738. The molecular weight excluding hydrogens is 396 g/mol. The summed E-state index contributed by atoms with van der Waals surface area (Å²) in [6, 6.07) is 5.62. The largest absolute Gasteiger partial charge is 0.375 e. The first-order chi connectivity index (χ1) is 14.9. The van der Waals surface area contributed by atoms with Crippen LogP contribution in [0.1, 0.15) is 60.0 Å². The highest BCUT2D eigenvalue weighted by Gasteiger charge is 2.41. The van der Waals surface area contributed by atoms with Crippen molar-refractivity contribution in [3.63, 3.8) is 0 Å². The van der Waals surface area contributed by atoms with Gasteiger partial charge in [-0.15, -0.1) is 0 Å². The van der Waals surface area contributed by atoms with Crippen LogP contribution in [0.5, 0.6) is 0 Å². The number of likely N-dealkylation sites (tertiary alicyclic amines) is 1. The number of hydrogen-bond acceptors (Lipinski definition) is 6. The van der Waals surface area contributed by atoms with Crippen molar-refractivity contribution in [3.05, 3.63) is 34.9 Å². The maximum Gasteiger partial charge on any atom is 0.255 e. The number of nitrogens with one attached hydrogen (secondary N) is 1. The van der Waals surface area contributed by atoms with E-state index in [1.807, 2.05) is 18.2 Å². The zero-order valence-electron chi connectivity index (χ0n) is 17.8. The smallest absolute Gasteiger partial charge is 0.255 e. The molecular formula is C23H30N4O4. The van der Waals surface area contributed by atoms with E-state index < -0.39 is 6.04 Å².